The molecule has 0 spiro atoms. The van der Waals surface area contributed by atoms with Crippen LogP contribution in [0, 0.1) is 0 Å². The summed E-state index contributed by atoms with van der Waals surface area (Å²) in [6, 6.07) is 10.8. The van der Waals surface area contributed by atoms with Crippen molar-refractivity contribution in [3.05, 3.63) is 35.9 Å². The first-order valence-corrected chi connectivity index (χ1v) is 6.83. The van der Waals surface area contributed by atoms with Crippen molar-refractivity contribution in [1.82, 2.24) is 4.90 Å². The van der Waals surface area contributed by atoms with Crippen LogP contribution in [-0.4, -0.2) is 29.0 Å². The summed E-state index contributed by atoms with van der Waals surface area (Å²) in [6.45, 7) is 4.40. The van der Waals surface area contributed by atoms with Gasteiger partial charge in [0, 0.05) is 18.5 Å². The molecule has 1 rings (SSSR count). The van der Waals surface area contributed by atoms with E-state index in [1.54, 1.807) is 0 Å². The Kier molecular flexibility index (Phi) is 6.36. The molecule has 4 nitrogen and oxygen atoms in total. The van der Waals surface area contributed by atoms with Gasteiger partial charge in [-0.2, -0.15) is 0 Å². The van der Waals surface area contributed by atoms with Gasteiger partial charge in [-0.1, -0.05) is 48.8 Å². The molecule has 2 unspecified atom stereocenters. The van der Waals surface area contributed by atoms with Crippen LogP contribution in [-0.2, 0) is 0 Å². The van der Waals surface area contributed by atoms with E-state index in [1.165, 1.54) is 5.56 Å². The summed E-state index contributed by atoms with van der Waals surface area (Å²) in [4.78, 5) is 2.30. The molecule has 0 aromatic heterocycles. The summed E-state index contributed by atoms with van der Waals surface area (Å²) >= 11 is 0. The van der Waals surface area contributed by atoms with Crippen molar-refractivity contribution in [2.75, 3.05) is 7.05 Å². The number of rotatable bonds is 7. The average molecular weight is 263 g/mol. The van der Waals surface area contributed by atoms with Gasteiger partial charge in [0.2, 0.25) is 0 Å². The number of hydrogen-bond donors (Lipinski definition) is 2. The highest BCUT2D eigenvalue weighted by Gasteiger charge is 2.22. The molecule has 0 heterocycles. The highest BCUT2D eigenvalue weighted by molar-refractivity contribution is 5.80. The molecule has 0 amide bonds. The lowest BCUT2D eigenvalue weighted by molar-refractivity contribution is 0.178. The Hall–Kier alpha value is -1.55. The first kappa shape index (κ1) is 15.5. The molecular weight excluding hydrogens is 238 g/mol. The second-order valence-corrected chi connectivity index (χ2v) is 5.03. The predicted molar refractivity (Wildman–Crippen MR) is 79.3 cm³/mol. The predicted octanol–water partition coefficient (Wildman–Crippen LogP) is 2.98. The minimum atomic E-state index is 0.138. The number of hydrogen-bond acceptors (Lipinski definition) is 3. The number of nitrogens with two attached hydrogens (primary N) is 1. The van der Waals surface area contributed by atoms with Gasteiger partial charge in [0.15, 0.2) is 0 Å². The highest BCUT2D eigenvalue weighted by atomic mass is 16.4. The van der Waals surface area contributed by atoms with Gasteiger partial charge >= 0.3 is 0 Å². The van der Waals surface area contributed by atoms with Gasteiger partial charge in [-0.15, -0.1) is 0 Å². The highest BCUT2D eigenvalue weighted by Crippen LogP contribution is 2.26. The Morgan fingerprint density at radius 1 is 1.37 bits per heavy atom. The van der Waals surface area contributed by atoms with E-state index in [2.05, 4.69) is 43.1 Å². The van der Waals surface area contributed by atoms with Crippen LogP contribution in [0.25, 0.3) is 0 Å². The first-order valence-electron chi connectivity index (χ1n) is 6.83. The van der Waals surface area contributed by atoms with Crippen molar-refractivity contribution >= 4 is 5.84 Å². The molecule has 0 aliphatic heterocycles. The van der Waals surface area contributed by atoms with Crippen molar-refractivity contribution in [1.29, 1.82) is 0 Å². The molecule has 0 saturated carbocycles. The monoisotopic (exact) mass is 263 g/mol. The average Bonchev–Trinajstić information content (AvgIpc) is 2.44. The molecule has 0 aliphatic rings. The van der Waals surface area contributed by atoms with Gasteiger partial charge in [0.25, 0.3) is 0 Å². The fraction of sp³-hybridized carbons (Fsp3) is 0.533. The topological polar surface area (TPSA) is 61.8 Å². The molecule has 3 N–H and O–H groups in total. The standard InChI is InChI=1S/C15H25N3O/c1-4-8-12(2)18(3)14(11-15(16)17-19)13-9-6-5-7-10-13/h5-7,9-10,12,14,19H,4,8,11H2,1-3H3,(H2,16,17). The molecule has 0 fully saturated rings. The van der Waals surface area contributed by atoms with Gasteiger partial charge < -0.3 is 10.9 Å². The lowest BCUT2D eigenvalue weighted by Crippen LogP contribution is -2.35. The number of nitrogens with zero attached hydrogens (tertiary/aromatic N) is 2. The molecule has 1 aromatic rings. The third-order valence-electron chi connectivity index (χ3n) is 3.61. The van der Waals surface area contributed by atoms with Gasteiger partial charge in [-0.3, -0.25) is 4.90 Å². The summed E-state index contributed by atoms with van der Waals surface area (Å²) in [5, 5.41) is 11.9. The Morgan fingerprint density at radius 2 is 2.00 bits per heavy atom. The normalized spacial score (nSPS) is 15.5. The van der Waals surface area contributed by atoms with Crippen LogP contribution in [0.2, 0.25) is 0 Å². The largest absolute Gasteiger partial charge is 0.409 e. The van der Waals surface area contributed by atoms with Crippen molar-refractivity contribution in [2.24, 2.45) is 10.9 Å². The SMILES string of the molecule is CCCC(C)N(C)C(CC(N)=NO)c1ccccc1. The number of oxime groups is 1. The summed E-state index contributed by atoms with van der Waals surface area (Å²) < 4.78 is 0. The molecule has 2 atom stereocenters. The maximum atomic E-state index is 8.80. The third kappa shape index (κ3) is 4.56. The number of amidine groups is 1. The minimum absolute atomic E-state index is 0.138. The zero-order valence-corrected chi connectivity index (χ0v) is 12.1. The van der Waals surface area contributed by atoms with E-state index >= 15 is 0 Å². The Morgan fingerprint density at radius 3 is 2.53 bits per heavy atom. The van der Waals surface area contributed by atoms with Gasteiger partial charge in [-0.05, 0) is 26.0 Å². The zero-order valence-electron chi connectivity index (χ0n) is 12.1. The lowest BCUT2D eigenvalue weighted by atomic mass is 9.99. The maximum absolute atomic E-state index is 8.80. The summed E-state index contributed by atoms with van der Waals surface area (Å²) in [7, 11) is 2.10. The Balaban J connectivity index is 2.92. The van der Waals surface area contributed by atoms with Crippen molar-refractivity contribution in [3.63, 3.8) is 0 Å². The van der Waals surface area contributed by atoms with Crippen molar-refractivity contribution < 1.29 is 5.21 Å². The molecule has 19 heavy (non-hydrogen) atoms. The molecular formula is C15H25N3O. The fourth-order valence-corrected chi connectivity index (χ4v) is 2.34. The molecule has 1 aromatic carbocycles. The molecule has 0 radical (unpaired) electrons. The molecule has 106 valence electrons. The third-order valence-corrected chi connectivity index (χ3v) is 3.61. The van der Waals surface area contributed by atoms with Crippen LogP contribution in [0.4, 0.5) is 0 Å². The van der Waals surface area contributed by atoms with Crippen LogP contribution in [0.1, 0.15) is 44.7 Å². The second-order valence-electron chi connectivity index (χ2n) is 5.03. The molecule has 4 heteroatoms. The van der Waals surface area contributed by atoms with E-state index in [9.17, 15) is 0 Å². The van der Waals surface area contributed by atoms with Crippen LogP contribution in [0.5, 0.6) is 0 Å². The Labute approximate surface area is 115 Å². The minimum Gasteiger partial charge on any atom is -0.409 e. The first-order chi connectivity index (χ1) is 9.10. The van der Waals surface area contributed by atoms with E-state index in [4.69, 9.17) is 10.9 Å². The van der Waals surface area contributed by atoms with E-state index in [0.29, 0.717) is 12.5 Å². The smallest absolute Gasteiger partial charge is 0.141 e. The summed E-state index contributed by atoms with van der Waals surface area (Å²) in [6.07, 6.45) is 2.82. The van der Waals surface area contributed by atoms with E-state index in [-0.39, 0.29) is 11.9 Å². The maximum Gasteiger partial charge on any atom is 0.141 e. The van der Waals surface area contributed by atoms with Crippen LogP contribution >= 0.6 is 0 Å². The van der Waals surface area contributed by atoms with Crippen LogP contribution in [0.3, 0.4) is 0 Å². The molecule has 0 bridgehead atoms. The van der Waals surface area contributed by atoms with Gasteiger partial charge in [0.05, 0.1) is 0 Å². The zero-order chi connectivity index (χ0) is 14.3. The number of benzene rings is 1. The van der Waals surface area contributed by atoms with Gasteiger partial charge in [0.1, 0.15) is 5.84 Å². The van der Waals surface area contributed by atoms with Crippen molar-refractivity contribution in [2.45, 2.75) is 45.2 Å². The van der Waals surface area contributed by atoms with E-state index in [1.807, 2.05) is 18.2 Å². The van der Waals surface area contributed by atoms with Gasteiger partial charge in [-0.25, -0.2) is 0 Å². The molecule has 0 saturated heterocycles. The van der Waals surface area contributed by atoms with Crippen LogP contribution in [0.15, 0.2) is 35.5 Å². The second kappa shape index (κ2) is 7.79. The Bertz CT molecular complexity index is 392. The summed E-state index contributed by atoms with van der Waals surface area (Å²) in [5.41, 5.74) is 6.89. The quantitative estimate of drug-likeness (QED) is 0.344. The fourth-order valence-electron chi connectivity index (χ4n) is 2.34. The molecule has 0 aliphatic carbocycles. The van der Waals surface area contributed by atoms with Crippen LogP contribution < -0.4 is 5.73 Å². The lowest BCUT2D eigenvalue weighted by Gasteiger charge is -2.33. The van der Waals surface area contributed by atoms with E-state index < -0.39 is 0 Å². The van der Waals surface area contributed by atoms with Crippen molar-refractivity contribution in [3.8, 4) is 0 Å². The summed E-state index contributed by atoms with van der Waals surface area (Å²) in [5.74, 6) is 0.268. The van der Waals surface area contributed by atoms with E-state index in [0.717, 1.165) is 12.8 Å².